The molecule has 0 bridgehead atoms. The van der Waals surface area contributed by atoms with Crippen molar-refractivity contribution in [3.63, 3.8) is 0 Å². The second kappa shape index (κ2) is 14.2. The summed E-state index contributed by atoms with van der Waals surface area (Å²) >= 11 is 0. The van der Waals surface area contributed by atoms with E-state index in [1.807, 2.05) is 39.0 Å². The van der Waals surface area contributed by atoms with Crippen LogP contribution < -0.4 is 10.6 Å². The molecule has 0 saturated carbocycles. The first-order valence-electron chi connectivity index (χ1n) is 13.2. The number of hydrogen-bond donors (Lipinski definition) is 3. The standard InChI is InChI=1S/C30H40N4O5/c1-7-10-21(3)32-27(36)26(24-12-9-8-11-20(24)2)34(18-17-31)28(37)25(33-29(38)39-30(4,5)6)19-22-13-15-23(35)16-14-22/h8-9,11-16,21,25-26,35H,7,10,18-19H2,1-6H3,(H,32,36)(H,33,38). The van der Waals surface area contributed by atoms with Gasteiger partial charge in [0.05, 0.1) is 6.07 Å². The zero-order valence-corrected chi connectivity index (χ0v) is 23.7. The highest BCUT2D eigenvalue weighted by Gasteiger charge is 2.37. The summed E-state index contributed by atoms with van der Waals surface area (Å²) in [6, 6.07) is 13.1. The normalized spacial score (nSPS) is 13.4. The summed E-state index contributed by atoms with van der Waals surface area (Å²) < 4.78 is 5.40. The monoisotopic (exact) mass is 536 g/mol. The van der Waals surface area contributed by atoms with Crippen molar-refractivity contribution < 1.29 is 24.2 Å². The van der Waals surface area contributed by atoms with Crippen LogP contribution in [0.1, 0.15) is 70.2 Å². The molecule has 3 N–H and O–H groups in total. The molecule has 210 valence electrons. The lowest BCUT2D eigenvalue weighted by atomic mass is 9.96. The maximum atomic E-state index is 14.1. The summed E-state index contributed by atoms with van der Waals surface area (Å²) in [4.78, 5) is 41.8. The number of rotatable bonds is 11. The average molecular weight is 537 g/mol. The molecule has 3 atom stereocenters. The van der Waals surface area contributed by atoms with Crippen molar-refractivity contribution in [1.82, 2.24) is 15.5 Å². The Morgan fingerprint density at radius 2 is 1.72 bits per heavy atom. The van der Waals surface area contributed by atoms with Gasteiger partial charge in [-0.15, -0.1) is 0 Å². The second-order valence-corrected chi connectivity index (χ2v) is 10.7. The molecule has 0 heterocycles. The zero-order valence-electron chi connectivity index (χ0n) is 23.7. The third-order valence-electron chi connectivity index (χ3n) is 6.04. The fourth-order valence-corrected chi connectivity index (χ4v) is 4.26. The van der Waals surface area contributed by atoms with Crippen molar-refractivity contribution in [3.05, 3.63) is 65.2 Å². The number of phenols is 1. The third-order valence-corrected chi connectivity index (χ3v) is 6.04. The van der Waals surface area contributed by atoms with Crippen LogP contribution in [0, 0.1) is 18.3 Å². The summed E-state index contributed by atoms with van der Waals surface area (Å²) in [6.07, 6.45) is 0.868. The molecule has 0 spiro atoms. The predicted molar refractivity (Wildman–Crippen MR) is 149 cm³/mol. The molecule has 2 rings (SSSR count). The van der Waals surface area contributed by atoms with Gasteiger partial charge in [-0.1, -0.05) is 49.7 Å². The highest BCUT2D eigenvalue weighted by molar-refractivity contribution is 5.92. The Hall–Kier alpha value is -4.06. The van der Waals surface area contributed by atoms with E-state index in [0.29, 0.717) is 11.1 Å². The fourth-order valence-electron chi connectivity index (χ4n) is 4.26. The minimum atomic E-state index is -1.15. The van der Waals surface area contributed by atoms with E-state index >= 15 is 0 Å². The van der Waals surface area contributed by atoms with Crippen LogP contribution in [-0.4, -0.2) is 52.1 Å². The number of alkyl carbamates (subject to hydrolysis) is 1. The van der Waals surface area contributed by atoms with Gasteiger partial charge in [-0.2, -0.15) is 5.26 Å². The molecule has 3 unspecified atom stereocenters. The van der Waals surface area contributed by atoms with Crippen LogP contribution in [0.15, 0.2) is 48.5 Å². The number of carbonyl (C=O) groups is 3. The Bertz CT molecular complexity index is 1170. The van der Waals surface area contributed by atoms with Crippen LogP contribution in [0.3, 0.4) is 0 Å². The lowest BCUT2D eigenvalue weighted by Gasteiger charge is -2.34. The van der Waals surface area contributed by atoms with Crippen molar-refractivity contribution in [3.8, 4) is 11.8 Å². The lowest BCUT2D eigenvalue weighted by molar-refractivity contribution is -0.142. The molecule has 2 aromatic rings. The zero-order chi connectivity index (χ0) is 29.2. The first kappa shape index (κ1) is 31.2. The van der Waals surface area contributed by atoms with Crippen LogP contribution in [0.25, 0.3) is 0 Å². The van der Waals surface area contributed by atoms with Crippen LogP contribution in [0.2, 0.25) is 0 Å². The van der Waals surface area contributed by atoms with Gasteiger partial charge in [-0.05, 0) is 69.9 Å². The molecule has 0 aliphatic carbocycles. The van der Waals surface area contributed by atoms with E-state index in [9.17, 15) is 24.8 Å². The maximum Gasteiger partial charge on any atom is 0.408 e. The van der Waals surface area contributed by atoms with Gasteiger partial charge in [-0.3, -0.25) is 9.59 Å². The smallest absolute Gasteiger partial charge is 0.408 e. The van der Waals surface area contributed by atoms with Crippen LogP contribution >= 0.6 is 0 Å². The number of phenolic OH excluding ortho intramolecular Hbond substituents is 1. The van der Waals surface area contributed by atoms with Crippen molar-refractivity contribution in [2.45, 2.75) is 84.5 Å². The van der Waals surface area contributed by atoms with Crippen molar-refractivity contribution in [1.29, 1.82) is 5.26 Å². The molecule has 0 fully saturated rings. The molecule has 0 saturated heterocycles. The highest BCUT2D eigenvalue weighted by Crippen LogP contribution is 2.26. The van der Waals surface area contributed by atoms with Crippen LogP contribution in [0.4, 0.5) is 4.79 Å². The number of ether oxygens (including phenoxy) is 1. The highest BCUT2D eigenvalue weighted by atomic mass is 16.6. The lowest BCUT2D eigenvalue weighted by Crippen LogP contribution is -2.54. The molecular formula is C30H40N4O5. The third kappa shape index (κ3) is 9.64. The Kier molecular flexibility index (Phi) is 11.3. The van der Waals surface area contributed by atoms with Gasteiger partial charge in [0.1, 0.15) is 30.0 Å². The minimum absolute atomic E-state index is 0.0502. The summed E-state index contributed by atoms with van der Waals surface area (Å²) in [5.41, 5.74) is 1.23. The Labute approximate surface area is 231 Å². The predicted octanol–water partition coefficient (Wildman–Crippen LogP) is 4.53. The average Bonchev–Trinajstić information content (AvgIpc) is 2.84. The SMILES string of the molecule is CCCC(C)NC(=O)C(c1ccccc1C)N(CC#N)C(=O)C(Cc1ccc(O)cc1)NC(=O)OC(C)(C)C. The van der Waals surface area contributed by atoms with Gasteiger partial charge in [-0.25, -0.2) is 4.79 Å². The summed E-state index contributed by atoms with van der Waals surface area (Å²) in [7, 11) is 0. The largest absolute Gasteiger partial charge is 0.508 e. The van der Waals surface area contributed by atoms with Crippen molar-refractivity contribution in [2.75, 3.05) is 6.54 Å². The summed E-state index contributed by atoms with van der Waals surface area (Å²) in [6.45, 7) is 10.5. The molecular weight excluding hydrogens is 496 g/mol. The van der Waals surface area contributed by atoms with E-state index in [1.165, 1.54) is 17.0 Å². The van der Waals surface area contributed by atoms with E-state index in [2.05, 4.69) is 10.6 Å². The number of carbonyl (C=O) groups excluding carboxylic acids is 3. The van der Waals surface area contributed by atoms with Gasteiger partial charge < -0.3 is 25.4 Å². The van der Waals surface area contributed by atoms with E-state index in [1.54, 1.807) is 45.0 Å². The number of aryl methyl sites for hydroxylation is 1. The number of nitrogens with one attached hydrogen (secondary N) is 2. The van der Waals surface area contributed by atoms with Gasteiger partial charge in [0, 0.05) is 12.5 Å². The van der Waals surface area contributed by atoms with Gasteiger partial charge in [0.2, 0.25) is 11.8 Å². The number of nitriles is 1. The number of aromatic hydroxyl groups is 1. The van der Waals surface area contributed by atoms with Crippen molar-refractivity contribution >= 4 is 17.9 Å². The molecule has 39 heavy (non-hydrogen) atoms. The van der Waals surface area contributed by atoms with E-state index in [4.69, 9.17) is 4.74 Å². The molecule has 3 amide bonds. The fraction of sp³-hybridized carbons (Fsp3) is 0.467. The van der Waals surface area contributed by atoms with Crippen LogP contribution in [-0.2, 0) is 20.7 Å². The minimum Gasteiger partial charge on any atom is -0.508 e. The van der Waals surface area contributed by atoms with E-state index in [-0.39, 0.29) is 24.8 Å². The van der Waals surface area contributed by atoms with Crippen LogP contribution in [0.5, 0.6) is 5.75 Å². The van der Waals surface area contributed by atoms with E-state index in [0.717, 1.165) is 18.4 Å². The molecule has 9 nitrogen and oxygen atoms in total. The molecule has 2 aromatic carbocycles. The van der Waals surface area contributed by atoms with Gasteiger partial charge in [0.15, 0.2) is 0 Å². The van der Waals surface area contributed by atoms with Gasteiger partial charge in [0.25, 0.3) is 0 Å². The van der Waals surface area contributed by atoms with Gasteiger partial charge >= 0.3 is 6.09 Å². The molecule has 0 aliphatic heterocycles. The number of nitrogens with zero attached hydrogens (tertiary/aromatic N) is 2. The topological polar surface area (TPSA) is 132 Å². The Morgan fingerprint density at radius 3 is 2.28 bits per heavy atom. The molecule has 9 heteroatoms. The van der Waals surface area contributed by atoms with E-state index < -0.39 is 35.6 Å². The number of amides is 3. The molecule has 0 radical (unpaired) electrons. The summed E-state index contributed by atoms with van der Waals surface area (Å²) in [5, 5.41) is 25.0. The summed E-state index contributed by atoms with van der Waals surface area (Å²) in [5.74, 6) is -0.957. The maximum absolute atomic E-state index is 14.1. The second-order valence-electron chi connectivity index (χ2n) is 10.7. The van der Waals surface area contributed by atoms with Crippen molar-refractivity contribution in [2.24, 2.45) is 0 Å². The quantitative estimate of drug-likeness (QED) is 0.362. The number of benzene rings is 2. The Balaban J connectivity index is 2.54. The molecule has 0 aliphatic rings. The first-order valence-corrected chi connectivity index (χ1v) is 13.2. The number of hydrogen-bond acceptors (Lipinski definition) is 6. The first-order chi connectivity index (χ1) is 18.4. The Morgan fingerprint density at radius 1 is 1.08 bits per heavy atom. The molecule has 0 aromatic heterocycles.